The second-order valence-electron chi connectivity index (χ2n) is 5.47. The van der Waals surface area contributed by atoms with Crippen LogP contribution in [0.4, 0.5) is 5.69 Å². The molecule has 1 aromatic carbocycles. The highest BCUT2D eigenvalue weighted by Crippen LogP contribution is 2.29. The van der Waals surface area contributed by atoms with Gasteiger partial charge in [-0.2, -0.15) is 0 Å². The maximum Gasteiger partial charge on any atom is 0.312 e. The highest BCUT2D eigenvalue weighted by Gasteiger charge is 2.18. The summed E-state index contributed by atoms with van der Waals surface area (Å²) in [6.45, 7) is 0.403. The SMILES string of the molecule is O=C(COc1ccc(Cl)cc1[N+](=O)[O-])NCC1CCCCC1. The van der Waals surface area contributed by atoms with Crippen molar-refractivity contribution in [3.05, 3.63) is 33.3 Å². The molecular weight excluding hydrogens is 308 g/mol. The van der Waals surface area contributed by atoms with Gasteiger partial charge in [-0.15, -0.1) is 0 Å². The second-order valence-corrected chi connectivity index (χ2v) is 5.90. The molecule has 0 heterocycles. The van der Waals surface area contributed by atoms with Crippen molar-refractivity contribution in [3.8, 4) is 5.75 Å². The molecule has 7 heteroatoms. The summed E-state index contributed by atoms with van der Waals surface area (Å²) >= 11 is 5.72. The summed E-state index contributed by atoms with van der Waals surface area (Å²) in [5.74, 6) is 0.305. The Morgan fingerprint density at radius 2 is 2.09 bits per heavy atom. The molecule has 0 aliphatic heterocycles. The van der Waals surface area contributed by atoms with Gasteiger partial charge in [0.2, 0.25) is 0 Å². The van der Waals surface area contributed by atoms with E-state index in [0.29, 0.717) is 12.5 Å². The normalized spacial score (nSPS) is 15.3. The zero-order chi connectivity index (χ0) is 15.9. The number of hydrogen-bond donors (Lipinski definition) is 1. The molecule has 1 fully saturated rings. The molecule has 0 saturated heterocycles. The molecule has 2 rings (SSSR count). The maximum atomic E-state index is 11.8. The first-order valence-corrected chi connectivity index (χ1v) is 7.77. The fourth-order valence-corrected chi connectivity index (χ4v) is 2.77. The van der Waals surface area contributed by atoms with Crippen LogP contribution in [0.25, 0.3) is 0 Å². The molecule has 0 atom stereocenters. The number of ether oxygens (including phenoxy) is 1. The Bertz CT molecular complexity index is 544. The van der Waals surface area contributed by atoms with Gasteiger partial charge in [0.25, 0.3) is 5.91 Å². The number of carbonyl (C=O) groups is 1. The summed E-state index contributed by atoms with van der Waals surface area (Å²) in [5.41, 5.74) is -0.243. The van der Waals surface area contributed by atoms with E-state index in [1.165, 1.54) is 37.5 Å². The van der Waals surface area contributed by atoms with Crippen LogP contribution in [-0.2, 0) is 4.79 Å². The van der Waals surface area contributed by atoms with Crippen LogP contribution >= 0.6 is 11.6 Å². The summed E-state index contributed by atoms with van der Waals surface area (Å²) in [7, 11) is 0. The molecule has 0 unspecified atom stereocenters. The summed E-state index contributed by atoms with van der Waals surface area (Å²) in [6, 6.07) is 4.09. The van der Waals surface area contributed by atoms with Crippen LogP contribution < -0.4 is 10.1 Å². The average Bonchev–Trinajstić information content (AvgIpc) is 2.52. The average molecular weight is 327 g/mol. The predicted octanol–water partition coefficient (Wildman–Crippen LogP) is 3.32. The van der Waals surface area contributed by atoms with Crippen molar-refractivity contribution in [2.45, 2.75) is 32.1 Å². The topological polar surface area (TPSA) is 81.5 Å². The molecule has 1 aromatic rings. The Morgan fingerprint density at radius 3 is 2.77 bits per heavy atom. The van der Waals surface area contributed by atoms with Crippen LogP contribution in [0.1, 0.15) is 32.1 Å². The Balaban J connectivity index is 1.82. The van der Waals surface area contributed by atoms with Crippen molar-refractivity contribution < 1.29 is 14.5 Å². The molecule has 1 aliphatic carbocycles. The van der Waals surface area contributed by atoms with Crippen LogP contribution in [0.2, 0.25) is 5.02 Å². The fraction of sp³-hybridized carbons (Fsp3) is 0.533. The Labute approximate surface area is 133 Å². The van der Waals surface area contributed by atoms with E-state index in [0.717, 1.165) is 12.8 Å². The lowest BCUT2D eigenvalue weighted by molar-refractivity contribution is -0.385. The van der Waals surface area contributed by atoms with Gasteiger partial charge in [-0.1, -0.05) is 30.9 Å². The van der Waals surface area contributed by atoms with Gasteiger partial charge in [0.1, 0.15) is 0 Å². The van der Waals surface area contributed by atoms with E-state index >= 15 is 0 Å². The maximum absolute atomic E-state index is 11.8. The van der Waals surface area contributed by atoms with Gasteiger partial charge in [0.05, 0.1) is 4.92 Å². The largest absolute Gasteiger partial charge is 0.477 e. The van der Waals surface area contributed by atoms with Crippen molar-refractivity contribution in [1.29, 1.82) is 0 Å². The molecule has 22 heavy (non-hydrogen) atoms. The fourth-order valence-electron chi connectivity index (χ4n) is 2.60. The molecule has 1 aliphatic rings. The van der Waals surface area contributed by atoms with Gasteiger partial charge < -0.3 is 10.1 Å². The number of nitro groups is 1. The summed E-state index contributed by atoms with van der Waals surface area (Å²) in [6.07, 6.45) is 5.99. The second kappa shape index (κ2) is 7.98. The third-order valence-corrected chi connectivity index (χ3v) is 4.02. The van der Waals surface area contributed by atoms with E-state index in [-0.39, 0.29) is 29.0 Å². The lowest BCUT2D eigenvalue weighted by atomic mass is 9.89. The van der Waals surface area contributed by atoms with Gasteiger partial charge in [-0.05, 0) is 30.9 Å². The number of amides is 1. The highest BCUT2D eigenvalue weighted by atomic mass is 35.5. The van der Waals surface area contributed by atoms with E-state index in [2.05, 4.69) is 5.32 Å². The molecule has 6 nitrogen and oxygen atoms in total. The Hall–Kier alpha value is -1.82. The standard InChI is InChI=1S/C15H19ClN2O4/c16-12-6-7-14(13(8-12)18(20)21)22-10-15(19)17-9-11-4-2-1-3-5-11/h6-8,11H,1-5,9-10H2,(H,17,19). The minimum Gasteiger partial charge on any atom is -0.477 e. The minimum absolute atomic E-state index is 0.0437. The number of rotatable bonds is 6. The first kappa shape index (κ1) is 16.5. The minimum atomic E-state index is -0.582. The molecule has 1 N–H and O–H groups in total. The van der Waals surface area contributed by atoms with Crippen LogP contribution in [0.5, 0.6) is 5.75 Å². The third-order valence-electron chi connectivity index (χ3n) is 3.79. The molecule has 0 aromatic heterocycles. The number of halogens is 1. The zero-order valence-corrected chi connectivity index (χ0v) is 13.0. The molecule has 1 saturated carbocycles. The lowest BCUT2D eigenvalue weighted by Gasteiger charge is -2.21. The number of nitrogens with one attached hydrogen (secondary N) is 1. The van der Waals surface area contributed by atoms with E-state index in [4.69, 9.17) is 16.3 Å². The van der Waals surface area contributed by atoms with Crippen molar-refractivity contribution >= 4 is 23.2 Å². The lowest BCUT2D eigenvalue weighted by Crippen LogP contribution is -2.33. The molecule has 120 valence electrons. The first-order chi connectivity index (χ1) is 10.6. The molecule has 0 bridgehead atoms. The molecule has 0 spiro atoms. The van der Waals surface area contributed by atoms with Crippen LogP contribution in [-0.4, -0.2) is 24.0 Å². The van der Waals surface area contributed by atoms with Gasteiger partial charge in [-0.3, -0.25) is 14.9 Å². The number of benzene rings is 1. The highest BCUT2D eigenvalue weighted by molar-refractivity contribution is 6.30. The Morgan fingerprint density at radius 1 is 1.36 bits per heavy atom. The smallest absolute Gasteiger partial charge is 0.312 e. The summed E-state index contributed by atoms with van der Waals surface area (Å²) in [4.78, 5) is 22.1. The Kier molecular flexibility index (Phi) is 6.00. The van der Waals surface area contributed by atoms with Crippen molar-refractivity contribution in [2.24, 2.45) is 5.92 Å². The van der Waals surface area contributed by atoms with Gasteiger partial charge in [0.15, 0.2) is 12.4 Å². The van der Waals surface area contributed by atoms with E-state index in [9.17, 15) is 14.9 Å². The molecular formula is C15H19ClN2O4. The first-order valence-electron chi connectivity index (χ1n) is 7.39. The van der Waals surface area contributed by atoms with E-state index < -0.39 is 4.92 Å². The predicted molar refractivity (Wildman–Crippen MR) is 83.2 cm³/mol. The monoisotopic (exact) mass is 326 g/mol. The van der Waals surface area contributed by atoms with E-state index in [1.807, 2.05) is 0 Å². The van der Waals surface area contributed by atoms with E-state index in [1.54, 1.807) is 0 Å². The van der Waals surface area contributed by atoms with Crippen molar-refractivity contribution in [1.82, 2.24) is 5.32 Å². The van der Waals surface area contributed by atoms with Gasteiger partial charge in [0, 0.05) is 17.6 Å². The van der Waals surface area contributed by atoms with Gasteiger partial charge >= 0.3 is 5.69 Å². The van der Waals surface area contributed by atoms with Crippen molar-refractivity contribution in [2.75, 3.05) is 13.2 Å². The number of nitro benzene ring substituents is 1. The quantitative estimate of drug-likeness (QED) is 0.642. The molecule has 0 radical (unpaired) electrons. The number of nitrogens with zero attached hydrogens (tertiary/aromatic N) is 1. The third kappa shape index (κ3) is 4.87. The van der Waals surface area contributed by atoms with Crippen LogP contribution in [0, 0.1) is 16.0 Å². The molecule has 1 amide bonds. The van der Waals surface area contributed by atoms with Crippen LogP contribution in [0.15, 0.2) is 18.2 Å². The summed E-state index contributed by atoms with van der Waals surface area (Å²) in [5, 5.41) is 14.0. The van der Waals surface area contributed by atoms with Crippen molar-refractivity contribution in [3.63, 3.8) is 0 Å². The van der Waals surface area contributed by atoms with Crippen LogP contribution in [0.3, 0.4) is 0 Å². The number of hydrogen-bond acceptors (Lipinski definition) is 4. The zero-order valence-electron chi connectivity index (χ0n) is 12.2. The summed E-state index contributed by atoms with van der Waals surface area (Å²) < 4.78 is 5.24. The number of carbonyl (C=O) groups excluding carboxylic acids is 1. The van der Waals surface area contributed by atoms with Gasteiger partial charge in [-0.25, -0.2) is 0 Å².